The molecule has 0 saturated heterocycles. The molecule has 1 aromatic carbocycles. The van der Waals surface area contributed by atoms with Gasteiger partial charge in [-0.15, -0.1) is 11.3 Å². The summed E-state index contributed by atoms with van der Waals surface area (Å²) in [5, 5.41) is 0. The van der Waals surface area contributed by atoms with E-state index in [1.165, 1.54) is 10.4 Å². The molecule has 0 fully saturated rings. The maximum Gasteiger partial charge on any atom is 0.129 e. The largest absolute Gasteiger partial charge is 0.496 e. The van der Waals surface area contributed by atoms with Crippen LogP contribution in [-0.4, -0.2) is 7.11 Å². The maximum atomic E-state index is 5.73. The van der Waals surface area contributed by atoms with Gasteiger partial charge in [0, 0.05) is 22.2 Å². The lowest BCUT2D eigenvalue weighted by Crippen LogP contribution is -1.90. The van der Waals surface area contributed by atoms with E-state index >= 15 is 0 Å². The first-order valence-electron chi connectivity index (χ1n) is 4.81. The van der Waals surface area contributed by atoms with E-state index in [1.807, 2.05) is 18.2 Å². The Hall–Kier alpha value is -1.000. The number of methoxy groups -OCH3 is 1. The van der Waals surface area contributed by atoms with Crippen LogP contribution in [0.25, 0.3) is 10.4 Å². The minimum Gasteiger partial charge on any atom is -0.496 e. The van der Waals surface area contributed by atoms with Gasteiger partial charge in [0.05, 0.1) is 10.9 Å². The summed E-state index contributed by atoms with van der Waals surface area (Å²) in [5.74, 6) is 0.814. The summed E-state index contributed by atoms with van der Waals surface area (Å²) in [7, 11) is 1.66. The molecule has 0 aliphatic heterocycles. The second-order valence-electron chi connectivity index (χ2n) is 3.53. The van der Waals surface area contributed by atoms with Gasteiger partial charge in [0.25, 0.3) is 0 Å². The van der Waals surface area contributed by atoms with E-state index in [0.29, 0.717) is 5.69 Å². The highest BCUT2D eigenvalue weighted by atomic mass is 79.9. The Morgan fingerprint density at radius 1 is 1.31 bits per heavy atom. The molecule has 1 aromatic heterocycles. The van der Waals surface area contributed by atoms with Gasteiger partial charge in [-0.05, 0) is 46.6 Å². The molecule has 0 saturated carbocycles. The number of thiophene rings is 1. The Bertz CT molecular complexity index is 502. The number of hydrogen-bond acceptors (Lipinski definition) is 3. The molecule has 2 nitrogen and oxygen atoms in total. The number of hydrogen-bond donors (Lipinski definition) is 1. The van der Waals surface area contributed by atoms with E-state index in [1.54, 1.807) is 18.4 Å². The third-order valence-corrected chi connectivity index (χ3v) is 4.52. The van der Waals surface area contributed by atoms with Gasteiger partial charge in [-0.25, -0.2) is 0 Å². The summed E-state index contributed by atoms with van der Waals surface area (Å²) in [6, 6.07) is 7.87. The first-order valence-corrected chi connectivity index (χ1v) is 6.42. The molecule has 0 atom stereocenters. The molecule has 0 unspecified atom stereocenters. The summed E-state index contributed by atoms with van der Waals surface area (Å²) in [5.41, 5.74) is 8.76. The van der Waals surface area contributed by atoms with Gasteiger partial charge in [-0.1, -0.05) is 0 Å². The SMILES string of the molecule is COc1cc(N)ccc1-c1cc(C)c(Br)s1. The first-order chi connectivity index (χ1) is 7.61. The highest BCUT2D eigenvalue weighted by Crippen LogP contribution is 2.39. The minimum absolute atomic E-state index is 0.716. The molecule has 84 valence electrons. The normalized spacial score (nSPS) is 10.4. The number of anilines is 1. The van der Waals surface area contributed by atoms with Crippen LogP contribution in [-0.2, 0) is 0 Å². The lowest BCUT2D eigenvalue weighted by molar-refractivity contribution is 0.417. The molecular weight excluding hydrogens is 286 g/mol. The Morgan fingerprint density at radius 3 is 2.62 bits per heavy atom. The van der Waals surface area contributed by atoms with E-state index in [2.05, 4.69) is 28.9 Å². The van der Waals surface area contributed by atoms with Crippen LogP contribution in [0.5, 0.6) is 5.75 Å². The lowest BCUT2D eigenvalue weighted by atomic mass is 10.1. The lowest BCUT2D eigenvalue weighted by Gasteiger charge is -2.07. The Morgan fingerprint density at radius 2 is 2.06 bits per heavy atom. The molecule has 0 bridgehead atoms. The fourth-order valence-corrected chi connectivity index (χ4v) is 3.07. The molecule has 0 aliphatic rings. The zero-order valence-corrected chi connectivity index (χ0v) is 11.5. The molecule has 2 rings (SSSR count). The fourth-order valence-electron chi connectivity index (χ4n) is 1.50. The van der Waals surface area contributed by atoms with Gasteiger partial charge < -0.3 is 10.5 Å². The Labute approximate surface area is 107 Å². The second kappa shape index (κ2) is 4.47. The van der Waals surface area contributed by atoms with Crippen molar-refractivity contribution in [2.45, 2.75) is 6.92 Å². The number of rotatable bonds is 2. The first kappa shape index (κ1) is 11.5. The van der Waals surface area contributed by atoms with Crippen LogP contribution < -0.4 is 10.5 Å². The number of halogens is 1. The Kier molecular flexibility index (Phi) is 3.21. The van der Waals surface area contributed by atoms with Crippen molar-refractivity contribution < 1.29 is 4.74 Å². The molecule has 2 aromatic rings. The molecule has 2 N–H and O–H groups in total. The van der Waals surface area contributed by atoms with E-state index in [9.17, 15) is 0 Å². The van der Waals surface area contributed by atoms with Crippen molar-refractivity contribution in [1.82, 2.24) is 0 Å². The van der Waals surface area contributed by atoms with Gasteiger partial charge in [0.2, 0.25) is 0 Å². The topological polar surface area (TPSA) is 35.2 Å². The maximum absolute atomic E-state index is 5.73. The van der Waals surface area contributed by atoms with Crippen LogP contribution >= 0.6 is 27.3 Å². The second-order valence-corrected chi connectivity index (χ2v) is 5.90. The third-order valence-electron chi connectivity index (χ3n) is 2.35. The zero-order valence-electron chi connectivity index (χ0n) is 9.08. The molecule has 0 radical (unpaired) electrons. The number of nitrogen functional groups attached to an aromatic ring is 1. The summed E-state index contributed by atoms with van der Waals surface area (Å²) in [4.78, 5) is 1.18. The van der Waals surface area contributed by atoms with Crippen molar-refractivity contribution in [1.29, 1.82) is 0 Å². The van der Waals surface area contributed by atoms with Gasteiger partial charge >= 0.3 is 0 Å². The van der Waals surface area contributed by atoms with E-state index in [0.717, 1.165) is 15.1 Å². The van der Waals surface area contributed by atoms with Crippen LogP contribution in [0.4, 0.5) is 5.69 Å². The highest BCUT2D eigenvalue weighted by molar-refractivity contribution is 9.11. The van der Waals surface area contributed by atoms with Crippen LogP contribution in [0.2, 0.25) is 0 Å². The van der Waals surface area contributed by atoms with Gasteiger partial charge in [0.15, 0.2) is 0 Å². The van der Waals surface area contributed by atoms with Crippen molar-refractivity contribution in [3.05, 3.63) is 33.6 Å². The minimum atomic E-state index is 0.716. The summed E-state index contributed by atoms with van der Waals surface area (Å²) in [6.07, 6.45) is 0. The average molecular weight is 298 g/mol. The highest BCUT2D eigenvalue weighted by Gasteiger charge is 2.10. The summed E-state index contributed by atoms with van der Waals surface area (Å²) in [6.45, 7) is 2.08. The van der Waals surface area contributed by atoms with Crippen LogP contribution in [0.3, 0.4) is 0 Å². The van der Waals surface area contributed by atoms with Crippen molar-refractivity contribution in [2.24, 2.45) is 0 Å². The van der Waals surface area contributed by atoms with Crippen molar-refractivity contribution in [3.8, 4) is 16.2 Å². The van der Waals surface area contributed by atoms with Crippen LogP contribution in [0.1, 0.15) is 5.56 Å². The average Bonchev–Trinajstić information content (AvgIpc) is 2.59. The Balaban J connectivity index is 2.55. The summed E-state index contributed by atoms with van der Waals surface area (Å²) >= 11 is 5.23. The molecule has 16 heavy (non-hydrogen) atoms. The van der Waals surface area contributed by atoms with E-state index < -0.39 is 0 Å². The summed E-state index contributed by atoms with van der Waals surface area (Å²) < 4.78 is 6.50. The van der Waals surface area contributed by atoms with Crippen molar-refractivity contribution >= 4 is 33.0 Å². The molecule has 0 spiro atoms. The molecule has 1 heterocycles. The molecule has 0 amide bonds. The quantitative estimate of drug-likeness (QED) is 0.848. The predicted octanol–water partition coefficient (Wildman–Crippen LogP) is 4.08. The van der Waals surface area contributed by atoms with E-state index in [-0.39, 0.29) is 0 Å². The molecular formula is C12H12BrNOS. The standard InChI is InChI=1S/C12H12BrNOS/c1-7-5-11(16-12(7)13)9-4-3-8(14)6-10(9)15-2/h3-6H,14H2,1-2H3. The molecule has 0 aliphatic carbocycles. The zero-order chi connectivity index (χ0) is 11.7. The predicted molar refractivity (Wildman–Crippen MR) is 73.2 cm³/mol. The van der Waals surface area contributed by atoms with Crippen LogP contribution in [0, 0.1) is 6.92 Å². The van der Waals surface area contributed by atoms with Gasteiger partial charge in [0.1, 0.15) is 5.75 Å². The van der Waals surface area contributed by atoms with Crippen molar-refractivity contribution in [2.75, 3.05) is 12.8 Å². The number of ether oxygens (including phenoxy) is 1. The fraction of sp³-hybridized carbons (Fsp3) is 0.167. The number of benzene rings is 1. The van der Waals surface area contributed by atoms with Crippen LogP contribution in [0.15, 0.2) is 28.1 Å². The van der Waals surface area contributed by atoms with Gasteiger partial charge in [-0.2, -0.15) is 0 Å². The monoisotopic (exact) mass is 297 g/mol. The number of nitrogens with two attached hydrogens (primary N) is 1. The van der Waals surface area contributed by atoms with Gasteiger partial charge in [-0.3, -0.25) is 0 Å². The number of aryl methyl sites for hydroxylation is 1. The van der Waals surface area contributed by atoms with Crippen molar-refractivity contribution in [3.63, 3.8) is 0 Å². The molecule has 4 heteroatoms. The smallest absolute Gasteiger partial charge is 0.129 e. The third kappa shape index (κ3) is 2.08. The van der Waals surface area contributed by atoms with E-state index in [4.69, 9.17) is 10.5 Å².